The van der Waals surface area contributed by atoms with Crippen LogP contribution in [0, 0.1) is 0 Å². The number of halogens is 6. The molecule has 0 aliphatic carbocycles. The Hall–Kier alpha value is -3.24. The molecule has 0 heterocycles. The van der Waals surface area contributed by atoms with Crippen LogP contribution >= 0.6 is 0 Å². The van der Waals surface area contributed by atoms with Gasteiger partial charge in [-0.2, -0.15) is 26.3 Å². The van der Waals surface area contributed by atoms with Crippen LogP contribution in [-0.2, 0) is 18.9 Å². The van der Waals surface area contributed by atoms with Crippen molar-refractivity contribution in [3.63, 3.8) is 0 Å². The van der Waals surface area contributed by atoms with Crippen LogP contribution in [0.3, 0.4) is 0 Å². The fourth-order valence-corrected chi connectivity index (χ4v) is 2.17. The monoisotopic (exact) mass is 405 g/mol. The van der Waals surface area contributed by atoms with Gasteiger partial charge in [0.25, 0.3) is 0 Å². The molecule has 0 aromatic heterocycles. The number of alkyl halides is 6. The molecule has 5 nitrogen and oxygen atoms in total. The van der Waals surface area contributed by atoms with E-state index in [0.29, 0.717) is 4.90 Å². The average molecular weight is 405 g/mol. The SMILES string of the molecule is NC(=O)N(Cc1ccc(C(F)(F)F)cc1)C(=O)Nc1ccc(C(F)(F)F)cc1. The first-order valence-corrected chi connectivity index (χ1v) is 7.59. The summed E-state index contributed by atoms with van der Waals surface area (Å²) in [6.07, 6.45) is -9.09. The third-order valence-corrected chi connectivity index (χ3v) is 3.60. The molecule has 0 atom stereocenters. The van der Waals surface area contributed by atoms with Crippen LogP contribution < -0.4 is 11.1 Å². The fourth-order valence-electron chi connectivity index (χ4n) is 2.17. The van der Waals surface area contributed by atoms with E-state index in [4.69, 9.17) is 5.73 Å². The first-order valence-electron chi connectivity index (χ1n) is 7.59. The summed E-state index contributed by atoms with van der Waals surface area (Å²) in [5, 5.41) is 2.20. The maximum atomic E-state index is 12.6. The normalized spacial score (nSPS) is 11.8. The van der Waals surface area contributed by atoms with Crippen molar-refractivity contribution in [2.75, 3.05) is 5.32 Å². The molecule has 0 unspecified atom stereocenters. The van der Waals surface area contributed by atoms with Crippen LogP contribution in [0.2, 0.25) is 0 Å². The van der Waals surface area contributed by atoms with E-state index in [2.05, 4.69) is 5.32 Å². The summed E-state index contributed by atoms with van der Waals surface area (Å²) in [5.41, 5.74) is 3.44. The van der Waals surface area contributed by atoms with E-state index in [1.807, 2.05) is 0 Å². The van der Waals surface area contributed by atoms with Crippen molar-refractivity contribution in [1.29, 1.82) is 0 Å². The standard InChI is InChI=1S/C17H13F6N3O2/c18-16(19,20)11-3-1-10(2-4-11)9-26(14(24)27)15(28)25-13-7-5-12(6-8-13)17(21,22)23/h1-8H,9H2,(H2,24,27)(H,25,28). The molecule has 0 aliphatic heterocycles. The summed E-state index contributed by atoms with van der Waals surface area (Å²) in [6, 6.07) is 4.91. The zero-order valence-corrected chi connectivity index (χ0v) is 13.9. The number of carbonyl (C=O) groups excluding carboxylic acids is 2. The lowest BCUT2D eigenvalue weighted by molar-refractivity contribution is -0.138. The van der Waals surface area contributed by atoms with Crippen molar-refractivity contribution in [2.24, 2.45) is 5.73 Å². The Kier molecular flexibility index (Phi) is 5.86. The van der Waals surface area contributed by atoms with Gasteiger partial charge < -0.3 is 11.1 Å². The minimum atomic E-state index is -4.55. The number of carbonyl (C=O) groups is 2. The van der Waals surface area contributed by atoms with Crippen molar-refractivity contribution >= 4 is 17.7 Å². The molecule has 150 valence electrons. The average Bonchev–Trinajstić information content (AvgIpc) is 2.58. The maximum Gasteiger partial charge on any atom is 0.416 e. The topological polar surface area (TPSA) is 75.4 Å². The minimum absolute atomic E-state index is 0.0309. The number of nitrogens with zero attached hydrogens (tertiary/aromatic N) is 1. The van der Waals surface area contributed by atoms with Gasteiger partial charge in [-0.05, 0) is 42.0 Å². The number of imide groups is 1. The molecule has 2 aromatic carbocycles. The molecule has 28 heavy (non-hydrogen) atoms. The second-order valence-corrected chi connectivity index (χ2v) is 5.62. The number of nitrogens with one attached hydrogen (secondary N) is 1. The lowest BCUT2D eigenvalue weighted by atomic mass is 10.1. The number of hydrogen-bond acceptors (Lipinski definition) is 2. The van der Waals surface area contributed by atoms with Gasteiger partial charge in [0, 0.05) is 5.69 Å². The Morgan fingerprint density at radius 2 is 1.25 bits per heavy atom. The first kappa shape index (κ1) is 21.1. The molecule has 0 aliphatic rings. The van der Waals surface area contributed by atoms with E-state index in [0.717, 1.165) is 48.5 Å². The number of primary amides is 1. The van der Waals surface area contributed by atoms with Gasteiger partial charge in [0.05, 0.1) is 17.7 Å². The molecule has 3 N–H and O–H groups in total. The second-order valence-electron chi connectivity index (χ2n) is 5.62. The molecule has 0 spiro atoms. The van der Waals surface area contributed by atoms with Gasteiger partial charge in [0.15, 0.2) is 0 Å². The number of nitrogens with two attached hydrogens (primary N) is 1. The summed E-state index contributed by atoms with van der Waals surface area (Å²) in [6.45, 7) is -0.431. The highest BCUT2D eigenvalue weighted by atomic mass is 19.4. The van der Waals surface area contributed by atoms with E-state index >= 15 is 0 Å². The number of urea groups is 2. The van der Waals surface area contributed by atoms with Crippen molar-refractivity contribution < 1.29 is 35.9 Å². The third kappa shape index (κ3) is 5.38. The van der Waals surface area contributed by atoms with E-state index in [-0.39, 0.29) is 11.3 Å². The van der Waals surface area contributed by atoms with Gasteiger partial charge in [0.2, 0.25) is 0 Å². The van der Waals surface area contributed by atoms with Gasteiger partial charge in [-0.15, -0.1) is 0 Å². The molecule has 2 rings (SSSR count). The van der Waals surface area contributed by atoms with Gasteiger partial charge in [-0.1, -0.05) is 12.1 Å². The molecule has 4 amide bonds. The van der Waals surface area contributed by atoms with Crippen LogP contribution in [0.4, 0.5) is 41.6 Å². The highest BCUT2D eigenvalue weighted by molar-refractivity contribution is 6.00. The van der Waals surface area contributed by atoms with E-state index in [9.17, 15) is 35.9 Å². The molecule has 2 aromatic rings. The number of rotatable bonds is 3. The molecular weight excluding hydrogens is 392 g/mol. The number of benzene rings is 2. The molecule has 0 fully saturated rings. The predicted octanol–water partition coefficient (Wildman–Crippen LogP) is 4.84. The lowest BCUT2D eigenvalue weighted by Crippen LogP contribution is -2.42. The summed E-state index contributed by atoms with van der Waals surface area (Å²) < 4.78 is 75.3. The Morgan fingerprint density at radius 1 is 0.821 bits per heavy atom. The van der Waals surface area contributed by atoms with Crippen molar-refractivity contribution in [3.8, 4) is 0 Å². The van der Waals surface area contributed by atoms with Crippen LogP contribution in [0.15, 0.2) is 48.5 Å². The Balaban J connectivity index is 2.11. The Morgan fingerprint density at radius 3 is 1.64 bits per heavy atom. The molecule has 0 saturated heterocycles. The molecule has 0 bridgehead atoms. The number of anilines is 1. The summed E-state index contributed by atoms with van der Waals surface area (Å²) >= 11 is 0. The number of amides is 4. The molecule has 0 saturated carbocycles. The van der Waals surface area contributed by atoms with Crippen molar-refractivity contribution in [3.05, 3.63) is 65.2 Å². The van der Waals surface area contributed by atoms with Crippen LogP contribution in [-0.4, -0.2) is 17.0 Å². The fraction of sp³-hybridized carbons (Fsp3) is 0.176. The molecule has 11 heteroatoms. The summed E-state index contributed by atoms with van der Waals surface area (Å²) in [5.74, 6) is 0. The summed E-state index contributed by atoms with van der Waals surface area (Å²) in [4.78, 5) is 24.2. The van der Waals surface area contributed by atoms with Gasteiger partial charge in [-0.3, -0.25) is 0 Å². The van der Waals surface area contributed by atoms with Gasteiger partial charge >= 0.3 is 24.4 Å². The van der Waals surface area contributed by atoms with Crippen LogP contribution in [0.1, 0.15) is 16.7 Å². The highest BCUT2D eigenvalue weighted by Gasteiger charge is 2.31. The quantitative estimate of drug-likeness (QED) is 0.718. The first-order chi connectivity index (χ1) is 12.9. The minimum Gasteiger partial charge on any atom is -0.351 e. The summed E-state index contributed by atoms with van der Waals surface area (Å²) in [7, 11) is 0. The highest BCUT2D eigenvalue weighted by Crippen LogP contribution is 2.30. The largest absolute Gasteiger partial charge is 0.416 e. The van der Waals surface area contributed by atoms with Crippen LogP contribution in [0.5, 0.6) is 0 Å². The third-order valence-electron chi connectivity index (χ3n) is 3.60. The Labute approximate surface area is 154 Å². The van der Waals surface area contributed by atoms with Crippen LogP contribution in [0.25, 0.3) is 0 Å². The van der Waals surface area contributed by atoms with Gasteiger partial charge in [0.1, 0.15) is 0 Å². The lowest BCUT2D eigenvalue weighted by Gasteiger charge is -2.19. The van der Waals surface area contributed by atoms with E-state index in [1.165, 1.54) is 0 Å². The second kappa shape index (κ2) is 7.79. The zero-order chi connectivity index (χ0) is 21.1. The predicted molar refractivity (Wildman–Crippen MR) is 87.0 cm³/mol. The molecule has 0 radical (unpaired) electrons. The zero-order valence-electron chi connectivity index (χ0n) is 13.9. The van der Waals surface area contributed by atoms with Crippen molar-refractivity contribution in [2.45, 2.75) is 18.9 Å². The van der Waals surface area contributed by atoms with E-state index in [1.54, 1.807) is 0 Å². The Bertz CT molecular complexity index is 845. The van der Waals surface area contributed by atoms with Crippen molar-refractivity contribution in [1.82, 2.24) is 4.90 Å². The molecular formula is C17H13F6N3O2. The van der Waals surface area contributed by atoms with E-state index < -0.39 is 42.1 Å². The smallest absolute Gasteiger partial charge is 0.351 e. The maximum absolute atomic E-state index is 12.6. The number of hydrogen-bond donors (Lipinski definition) is 2. The van der Waals surface area contributed by atoms with Gasteiger partial charge in [-0.25, -0.2) is 14.5 Å².